The van der Waals surface area contributed by atoms with Crippen LogP contribution in [-0.4, -0.2) is 17.7 Å². The molecule has 19 heavy (non-hydrogen) atoms. The Balaban J connectivity index is 2.27. The SMILES string of the molecule is CCOC(=O)c1ccc(-c2ccc(O)c(Cl)c2)cc1. The predicted octanol–water partition coefficient (Wildman–Crippen LogP) is 3.89. The topological polar surface area (TPSA) is 46.5 Å². The predicted molar refractivity (Wildman–Crippen MR) is 74.5 cm³/mol. The molecule has 0 heterocycles. The van der Waals surface area contributed by atoms with E-state index in [9.17, 15) is 9.90 Å². The molecule has 0 spiro atoms. The Bertz CT molecular complexity index is 591. The summed E-state index contributed by atoms with van der Waals surface area (Å²) < 4.78 is 4.92. The van der Waals surface area contributed by atoms with Crippen LogP contribution in [0, 0.1) is 0 Å². The normalized spacial score (nSPS) is 10.2. The summed E-state index contributed by atoms with van der Waals surface area (Å²) in [6.07, 6.45) is 0. The first-order chi connectivity index (χ1) is 9.11. The van der Waals surface area contributed by atoms with Crippen LogP contribution in [0.5, 0.6) is 5.75 Å². The van der Waals surface area contributed by atoms with Crippen LogP contribution in [0.25, 0.3) is 11.1 Å². The Labute approximate surface area is 116 Å². The summed E-state index contributed by atoms with van der Waals surface area (Å²) in [5.41, 5.74) is 2.30. The number of carbonyl (C=O) groups is 1. The van der Waals surface area contributed by atoms with Crippen LogP contribution < -0.4 is 0 Å². The number of carbonyl (C=O) groups excluding carboxylic acids is 1. The van der Waals surface area contributed by atoms with Gasteiger partial charge >= 0.3 is 5.97 Å². The van der Waals surface area contributed by atoms with Gasteiger partial charge in [-0.2, -0.15) is 0 Å². The molecule has 0 aliphatic rings. The maximum Gasteiger partial charge on any atom is 0.338 e. The van der Waals surface area contributed by atoms with Gasteiger partial charge in [-0.3, -0.25) is 0 Å². The second-order valence-electron chi connectivity index (χ2n) is 3.96. The van der Waals surface area contributed by atoms with Gasteiger partial charge < -0.3 is 9.84 Å². The lowest BCUT2D eigenvalue weighted by Crippen LogP contribution is -2.03. The standard InChI is InChI=1S/C15H13ClO3/c1-2-19-15(18)11-5-3-10(4-6-11)12-7-8-14(17)13(16)9-12/h3-9,17H,2H2,1H3. The number of phenols is 1. The van der Waals surface area contributed by atoms with Gasteiger partial charge in [-0.15, -0.1) is 0 Å². The van der Waals surface area contributed by atoms with E-state index in [0.717, 1.165) is 11.1 Å². The van der Waals surface area contributed by atoms with Gasteiger partial charge in [0.1, 0.15) is 5.75 Å². The number of aromatic hydroxyl groups is 1. The average molecular weight is 277 g/mol. The van der Waals surface area contributed by atoms with Crippen molar-refractivity contribution in [2.24, 2.45) is 0 Å². The van der Waals surface area contributed by atoms with Gasteiger partial charge in [0.25, 0.3) is 0 Å². The molecular formula is C15H13ClO3. The Morgan fingerprint density at radius 3 is 2.37 bits per heavy atom. The monoisotopic (exact) mass is 276 g/mol. The third-order valence-corrected chi connectivity index (χ3v) is 2.98. The quantitative estimate of drug-likeness (QED) is 0.865. The number of hydrogen-bond donors (Lipinski definition) is 1. The summed E-state index contributed by atoms with van der Waals surface area (Å²) >= 11 is 5.86. The number of phenolic OH excluding ortho intramolecular Hbond substituents is 1. The van der Waals surface area contributed by atoms with E-state index in [2.05, 4.69) is 0 Å². The molecule has 4 heteroatoms. The van der Waals surface area contributed by atoms with Crippen LogP contribution in [0.1, 0.15) is 17.3 Å². The highest BCUT2D eigenvalue weighted by molar-refractivity contribution is 6.32. The minimum atomic E-state index is -0.335. The molecular weight excluding hydrogens is 264 g/mol. The van der Waals surface area contributed by atoms with Crippen molar-refractivity contribution in [3.8, 4) is 16.9 Å². The van der Waals surface area contributed by atoms with Gasteiger partial charge in [0, 0.05) is 0 Å². The molecule has 98 valence electrons. The Morgan fingerprint density at radius 1 is 1.16 bits per heavy atom. The summed E-state index contributed by atoms with van der Waals surface area (Å²) in [6.45, 7) is 2.12. The van der Waals surface area contributed by atoms with Gasteiger partial charge in [-0.05, 0) is 42.3 Å². The lowest BCUT2D eigenvalue weighted by atomic mass is 10.0. The fraction of sp³-hybridized carbons (Fsp3) is 0.133. The van der Waals surface area contributed by atoms with Crippen LogP contribution in [0.2, 0.25) is 5.02 Å². The maximum absolute atomic E-state index is 11.5. The third-order valence-electron chi connectivity index (χ3n) is 2.68. The molecule has 0 unspecified atom stereocenters. The molecule has 0 aliphatic carbocycles. The van der Waals surface area contributed by atoms with Crippen LogP contribution >= 0.6 is 11.6 Å². The summed E-state index contributed by atoms with van der Waals surface area (Å²) in [4.78, 5) is 11.5. The summed E-state index contributed by atoms with van der Waals surface area (Å²) in [5.74, 6) is -0.286. The zero-order valence-electron chi connectivity index (χ0n) is 10.4. The minimum absolute atomic E-state index is 0.0496. The zero-order chi connectivity index (χ0) is 13.8. The Morgan fingerprint density at radius 2 is 1.79 bits per heavy atom. The fourth-order valence-electron chi connectivity index (χ4n) is 1.70. The highest BCUT2D eigenvalue weighted by Crippen LogP contribution is 2.29. The van der Waals surface area contributed by atoms with Gasteiger partial charge in [-0.25, -0.2) is 4.79 Å². The van der Waals surface area contributed by atoms with Gasteiger partial charge in [0.05, 0.1) is 17.2 Å². The van der Waals surface area contributed by atoms with Crippen LogP contribution in [0.4, 0.5) is 0 Å². The maximum atomic E-state index is 11.5. The first-order valence-corrected chi connectivity index (χ1v) is 6.25. The highest BCUT2D eigenvalue weighted by Gasteiger charge is 2.07. The molecule has 0 atom stereocenters. The molecule has 0 fully saturated rings. The molecule has 0 saturated heterocycles. The number of ether oxygens (including phenoxy) is 1. The third kappa shape index (κ3) is 3.06. The van der Waals surface area contributed by atoms with Crippen molar-refractivity contribution in [1.29, 1.82) is 0 Å². The lowest BCUT2D eigenvalue weighted by Gasteiger charge is -2.05. The van der Waals surface area contributed by atoms with E-state index >= 15 is 0 Å². The Kier molecular flexibility index (Phi) is 4.07. The molecule has 2 rings (SSSR count). The Hall–Kier alpha value is -2.00. The van der Waals surface area contributed by atoms with E-state index in [-0.39, 0.29) is 11.7 Å². The van der Waals surface area contributed by atoms with Crippen LogP contribution in [0.3, 0.4) is 0 Å². The van der Waals surface area contributed by atoms with E-state index in [4.69, 9.17) is 16.3 Å². The van der Waals surface area contributed by atoms with Crippen molar-refractivity contribution >= 4 is 17.6 Å². The fourth-order valence-corrected chi connectivity index (χ4v) is 1.88. The second kappa shape index (κ2) is 5.76. The van der Waals surface area contributed by atoms with Crippen molar-refractivity contribution in [3.63, 3.8) is 0 Å². The molecule has 2 aromatic carbocycles. The number of hydrogen-bond acceptors (Lipinski definition) is 3. The van der Waals surface area contributed by atoms with E-state index < -0.39 is 0 Å². The second-order valence-corrected chi connectivity index (χ2v) is 4.37. The number of esters is 1. The van der Waals surface area contributed by atoms with Gasteiger partial charge in [0.15, 0.2) is 0 Å². The van der Waals surface area contributed by atoms with E-state index in [1.54, 1.807) is 31.2 Å². The van der Waals surface area contributed by atoms with Gasteiger partial charge in [-0.1, -0.05) is 29.8 Å². The first kappa shape index (κ1) is 13.4. The van der Waals surface area contributed by atoms with E-state index in [0.29, 0.717) is 17.2 Å². The molecule has 0 aromatic heterocycles. The number of halogens is 1. The van der Waals surface area contributed by atoms with Crippen molar-refractivity contribution in [2.75, 3.05) is 6.61 Å². The molecule has 0 saturated carbocycles. The molecule has 3 nitrogen and oxygen atoms in total. The molecule has 0 bridgehead atoms. The summed E-state index contributed by atoms with van der Waals surface area (Å²) in [7, 11) is 0. The molecule has 0 radical (unpaired) electrons. The number of rotatable bonds is 3. The summed E-state index contributed by atoms with van der Waals surface area (Å²) in [6, 6.07) is 12.0. The van der Waals surface area contributed by atoms with Crippen molar-refractivity contribution in [3.05, 3.63) is 53.1 Å². The molecule has 0 amide bonds. The summed E-state index contributed by atoms with van der Waals surface area (Å²) in [5, 5.41) is 9.67. The molecule has 1 N–H and O–H groups in total. The van der Waals surface area contributed by atoms with Crippen molar-refractivity contribution in [2.45, 2.75) is 6.92 Å². The minimum Gasteiger partial charge on any atom is -0.506 e. The highest BCUT2D eigenvalue weighted by atomic mass is 35.5. The largest absolute Gasteiger partial charge is 0.506 e. The van der Waals surface area contributed by atoms with Crippen molar-refractivity contribution < 1.29 is 14.6 Å². The lowest BCUT2D eigenvalue weighted by molar-refractivity contribution is 0.0526. The molecule has 2 aromatic rings. The first-order valence-electron chi connectivity index (χ1n) is 5.88. The van der Waals surface area contributed by atoms with Crippen molar-refractivity contribution in [1.82, 2.24) is 0 Å². The molecule has 0 aliphatic heterocycles. The van der Waals surface area contributed by atoms with E-state index in [1.807, 2.05) is 12.1 Å². The average Bonchev–Trinajstić information content (AvgIpc) is 2.42. The van der Waals surface area contributed by atoms with Gasteiger partial charge in [0.2, 0.25) is 0 Å². The van der Waals surface area contributed by atoms with E-state index in [1.165, 1.54) is 6.07 Å². The smallest absolute Gasteiger partial charge is 0.338 e. The van der Waals surface area contributed by atoms with Crippen LogP contribution in [-0.2, 0) is 4.74 Å². The zero-order valence-corrected chi connectivity index (χ0v) is 11.1. The van der Waals surface area contributed by atoms with Crippen LogP contribution in [0.15, 0.2) is 42.5 Å². The number of benzene rings is 2.